The van der Waals surface area contributed by atoms with E-state index in [2.05, 4.69) is 0 Å². The van der Waals surface area contributed by atoms with Gasteiger partial charge in [0.15, 0.2) is 5.56 Å². The second-order valence-electron chi connectivity index (χ2n) is 4.50. The summed E-state index contributed by atoms with van der Waals surface area (Å²) in [6, 6.07) is 9.35. The summed E-state index contributed by atoms with van der Waals surface area (Å²) in [6.45, 7) is 2.34. The van der Waals surface area contributed by atoms with Gasteiger partial charge in [0.1, 0.15) is 18.3 Å². The standard InChI is InChI=1S/C14H17Cl2NO3/c1-2-11(15)14(18)17(10-6-4-3-5-7-10)8-12-13(16)20-9-19-12/h3-7,11-13H,2,8-9H2,1H3. The zero-order valence-corrected chi connectivity index (χ0v) is 12.7. The van der Waals surface area contributed by atoms with Crippen molar-refractivity contribution in [2.75, 3.05) is 18.2 Å². The fraction of sp³-hybridized carbons (Fsp3) is 0.500. The Morgan fingerprint density at radius 2 is 2.10 bits per heavy atom. The summed E-state index contributed by atoms with van der Waals surface area (Å²) in [4.78, 5) is 14.0. The van der Waals surface area contributed by atoms with Gasteiger partial charge in [0.2, 0.25) is 5.91 Å². The molecule has 0 N–H and O–H groups in total. The van der Waals surface area contributed by atoms with Gasteiger partial charge in [0, 0.05) is 5.69 Å². The van der Waals surface area contributed by atoms with Gasteiger partial charge >= 0.3 is 0 Å². The van der Waals surface area contributed by atoms with Crippen LogP contribution in [0.3, 0.4) is 0 Å². The number of anilines is 1. The fourth-order valence-corrected chi connectivity index (χ4v) is 2.29. The van der Waals surface area contributed by atoms with E-state index in [0.29, 0.717) is 13.0 Å². The summed E-state index contributed by atoms with van der Waals surface area (Å²) in [6.07, 6.45) is 0.206. The lowest BCUT2D eigenvalue weighted by Gasteiger charge is -2.27. The predicted octanol–water partition coefficient (Wildman–Crippen LogP) is 2.97. The largest absolute Gasteiger partial charge is 0.346 e. The van der Waals surface area contributed by atoms with Gasteiger partial charge in [0.25, 0.3) is 0 Å². The molecule has 0 aromatic heterocycles. The zero-order chi connectivity index (χ0) is 14.5. The molecule has 20 heavy (non-hydrogen) atoms. The molecule has 0 spiro atoms. The van der Waals surface area contributed by atoms with Crippen molar-refractivity contribution in [3.8, 4) is 0 Å². The van der Waals surface area contributed by atoms with E-state index in [0.717, 1.165) is 5.69 Å². The Bertz CT molecular complexity index is 443. The second kappa shape index (κ2) is 7.27. The number of benzene rings is 1. The SMILES string of the molecule is CCC(Cl)C(=O)N(CC1OCOC1Cl)c1ccccc1. The Balaban J connectivity index is 2.18. The summed E-state index contributed by atoms with van der Waals surface area (Å²) in [5.74, 6) is -0.153. The minimum absolute atomic E-state index is 0.147. The van der Waals surface area contributed by atoms with E-state index in [1.165, 1.54) is 0 Å². The van der Waals surface area contributed by atoms with E-state index in [4.69, 9.17) is 32.7 Å². The van der Waals surface area contributed by atoms with E-state index in [1.54, 1.807) is 4.90 Å². The number of hydrogen-bond donors (Lipinski definition) is 0. The van der Waals surface area contributed by atoms with Crippen molar-refractivity contribution in [3.63, 3.8) is 0 Å². The summed E-state index contributed by atoms with van der Waals surface area (Å²) < 4.78 is 10.5. The first kappa shape index (κ1) is 15.6. The van der Waals surface area contributed by atoms with Crippen LogP contribution < -0.4 is 4.90 Å². The number of ether oxygens (including phenoxy) is 2. The number of carbonyl (C=O) groups is 1. The molecule has 1 aromatic rings. The molecule has 1 aliphatic rings. The Kier molecular flexibility index (Phi) is 5.66. The Labute approximate surface area is 128 Å². The van der Waals surface area contributed by atoms with Crippen LogP contribution in [0.5, 0.6) is 0 Å². The van der Waals surface area contributed by atoms with Crippen LogP contribution in [0.2, 0.25) is 0 Å². The first-order chi connectivity index (χ1) is 9.63. The van der Waals surface area contributed by atoms with Crippen LogP contribution >= 0.6 is 23.2 Å². The maximum absolute atomic E-state index is 12.4. The third-order valence-corrected chi connectivity index (χ3v) is 4.03. The van der Waals surface area contributed by atoms with E-state index >= 15 is 0 Å². The van der Waals surface area contributed by atoms with E-state index in [1.807, 2.05) is 37.3 Å². The molecule has 0 bridgehead atoms. The predicted molar refractivity (Wildman–Crippen MR) is 79.2 cm³/mol. The number of rotatable bonds is 5. The first-order valence-electron chi connectivity index (χ1n) is 6.51. The van der Waals surface area contributed by atoms with Crippen molar-refractivity contribution >= 4 is 34.8 Å². The molecule has 1 aliphatic heterocycles. The summed E-state index contributed by atoms with van der Waals surface area (Å²) in [7, 11) is 0. The zero-order valence-electron chi connectivity index (χ0n) is 11.2. The topological polar surface area (TPSA) is 38.8 Å². The van der Waals surface area contributed by atoms with Gasteiger partial charge in [-0.15, -0.1) is 11.6 Å². The van der Waals surface area contributed by atoms with E-state index < -0.39 is 10.9 Å². The summed E-state index contributed by atoms with van der Waals surface area (Å²) in [5.41, 5.74) is 0.223. The highest BCUT2D eigenvalue weighted by molar-refractivity contribution is 6.32. The number of nitrogens with zero attached hydrogens (tertiary/aromatic N) is 1. The van der Waals surface area contributed by atoms with Crippen LogP contribution in [0, 0.1) is 0 Å². The van der Waals surface area contributed by atoms with Crippen LogP contribution in [0.1, 0.15) is 13.3 Å². The van der Waals surface area contributed by atoms with Gasteiger partial charge in [-0.25, -0.2) is 0 Å². The van der Waals surface area contributed by atoms with Crippen LogP contribution in [0.4, 0.5) is 5.69 Å². The third-order valence-electron chi connectivity index (χ3n) is 3.12. The third kappa shape index (κ3) is 3.64. The molecule has 3 atom stereocenters. The lowest BCUT2D eigenvalue weighted by atomic mass is 10.2. The number of alkyl halides is 2. The minimum atomic E-state index is -0.564. The maximum atomic E-state index is 12.4. The Hall–Kier alpha value is -0.810. The number of carbonyl (C=O) groups excluding carboxylic acids is 1. The van der Waals surface area contributed by atoms with Crippen LogP contribution in [0.15, 0.2) is 30.3 Å². The molecule has 1 fully saturated rings. The number of halogens is 2. The lowest BCUT2D eigenvalue weighted by Crippen LogP contribution is -2.43. The molecule has 3 unspecified atom stereocenters. The van der Waals surface area contributed by atoms with Gasteiger partial charge in [-0.2, -0.15) is 0 Å². The maximum Gasteiger partial charge on any atom is 0.245 e. The molecule has 0 saturated carbocycles. The lowest BCUT2D eigenvalue weighted by molar-refractivity contribution is -0.118. The Morgan fingerprint density at radius 1 is 1.40 bits per heavy atom. The monoisotopic (exact) mass is 317 g/mol. The number of amides is 1. The van der Waals surface area contributed by atoms with Gasteiger partial charge in [-0.3, -0.25) is 4.79 Å². The normalized spacial score (nSPS) is 23.6. The van der Waals surface area contributed by atoms with Gasteiger partial charge < -0.3 is 14.4 Å². The molecule has 110 valence electrons. The molecule has 2 rings (SSSR count). The van der Waals surface area contributed by atoms with Crippen molar-refractivity contribution in [3.05, 3.63) is 30.3 Å². The molecule has 6 heteroatoms. The molecule has 1 amide bonds. The van der Waals surface area contributed by atoms with Crippen molar-refractivity contribution in [1.82, 2.24) is 0 Å². The second-order valence-corrected chi connectivity index (χ2v) is 5.46. The molecule has 0 radical (unpaired) electrons. The molecule has 1 saturated heterocycles. The van der Waals surface area contributed by atoms with Crippen LogP contribution in [-0.2, 0) is 14.3 Å². The van der Waals surface area contributed by atoms with Crippen LogP contribution in [0.25, 0.3) is 0 Å². The highest BCUT2D eigenvalue weighted by Gasteiger charge is 2.32. The van der Waals surface area contributed by atoms with Crippen molar-refractivity contribution in [2.45, 2.75) is 30.4 Å². The van der Waals surface area contributed by atoms with Gasteiger partial charge in [-0.1, -0.05) is 36.7 Å². The molecular weight excluding hydrogens is 301 g/mol. The molecular formula is C14H17Cl2NO3. The molecule has 1 heterocycles. The van der Waals surface area contributed by atoms with Crippen molar-refractivity contribution < 1.29 is 14.3 Å². The smallest absolute Gasteiger partial charge is 0.245 e. The minimum Gasteiger partial charge on any atom is -0.346 e. The van der Waals surface area contributed by atoms with Gasteiger partial charge in [-0.05, 0) is 18.6 Å². The highest BCUT2D eigenvalue weighted by atomic mass is 35.5. The summed E-state index contributed by atoms with van der Waals surface area (Å²) in [5, 5.41) is -0.564. The number of hydrogen-bond acceptors (Lipinski definition) is 3. The highest BCUT2D eigenvalue weighted by Crippen LogP contribution is 2.23. The molecule has 0 aliphatic carbocycles. The first-order valence-corrected chi connectivity index (χ1v) is 7.38. The van der Waals surface area contributed by atoms with Gasteiger partial charge in [0.05, 0.1) is 6.54 Å². The average molecular weight is 318 g/mol. The Morgan fingerprint density at radius 3 is 2.65 bits per heavy atom. The fourth-order valence-electron chi connectivity index (χ4n) is 1.96. The molecule has 4 nitrogen and oxygen atoms in total. The van der Waals surface area contributed by atoms with Crippen molar-refractivity contribution in [2.24, 2.45) is 0 Å². The molecule has 1 aromatic carbocycles. The van der Waals surface area contributed by atoms with E-state index in [-0.39, 0.29) is 18.8 Å². The quantitative estimate of drug-likeness (QED) is 0.784. The average Bonchev–Trinajstić information content (AvgIpc) is 2.89. The summed E-state index contributed by atoms with van der Waals surface area (Å²) >= 11 is 12.1. The van der Waals surface area contributed by atoms with E-state index in [9.17, 15) is 4.79 Å². The number of para-hydroxylation sites is 1. The van der Waals surface area contributed by atoms with Crippen molar-refractivity contribution in [1.29, 1.82) is 0 Å². The van der Waals surface area contributed by atoms with Crippen LogP contribution in [-0.4, -0.2) is 36.3 Å².